The lowest BCUT2D eigenvalue weighted by atomic mass is 10.1. The van der Waals surface area contributed by atoms with Crippen LogP contribution in [0.3, 0.4) is 0 Å². The summed E-state index contributed by atoms with van der Waals surface area (Å²) >= 11 is 0. The first kappa shape index (κ1) is 13.0. The topological polar surface area (TPSA) is 50.1 Å². The molecule has 0 N–H and O–H groups in total. The van der Waals surface area contributed by atoms with Gasteiger partial charge in [0.15, 0.2) is 5.82 Å². The van der Waals surface area contributed by atoms with Crippen molar-refractivity contribution in [3.8, 4) is 0 Å². The van der Waals surface area contributed by atoms with Gasteiger partial charge in [0.05, 0.1) is 12.1 Å². The van der Waals surface area contributed by atoms with Crippen LogP contribution in [0.5, 0.6) is 0 Å². The summed E-state index contributed by atoms with van der Waals surface area (Å²) in [6.45, 7) is 12.1. The van der Waals surface area contributed by atoms with Crippen molar-refractivity contribution in [2.45, 2.75) is 51.7 Å². The van der Waals surface area contributed by atoms with Gasteiger partial charge in [-0.15, -0.1) is 5.10 Å². The van der Waals surface area contributed by atoms with E-state index in [4.69, 9.17) is 0 Å². The van der Waals surface area contributed by atoms with Crippen LogP contribution in [0.4, 0.5) is 0 Å². The second-order valence-electron chi connectivity index (χ2n) is 6.74. The Morgan fingerprint density at radius 1 is 1.21 bits per heavy atom. The van der Waals surface area contributed by atoms with Crippen LogP contribution in [0.1, 0.15) is 39.4 Å². The molecule has 1 atom stereocenters. The molecule has 2 saturated heterocycles. The third-order valence-electron chi connectivity index (χ3n) is 4.21. The maximum Gasteiger partial charge on any atom is 0.165 e. The summed E-state index contributed by atoms with van der Waals surface area (Å²) in [5.74, 6) is 0.985. The van der Waals surface area contributed by atoms with Crippen LogP contribution in [0.15, 0.2) is 0 Å². The van der Waals surface area contributed by atoms with Crippen LogP contribution in [-0.2, 0) is 12.1 Å². The van der Waals surface area contributed by atoms with Crippen molar-refractivity contribution in [3.63, 3.8) is 0 Å². The minimum atomic E-state index is -0.0476. The maximum atomic E-state index is 4.21. The number of rotatable bonds is 2. The van der Waals surface area contributed by atoms with Gasteiger partial charge in [0.1, 0.15) is 0 Å². The van der Waals surface area contributed by atoms with Crippen LogP contribution in [0.25, 0.3) is 0 Å². The van der Waals surface area contributed by atoms with Crippen LogP contribution in [-0.4, -0.2) is 62.2 Å². The van der Waals surface area contributed by atoms with Crippen molar-refractivity contribution in [1.82, 2.24) is 30.0 Å². The Morgan fingerprint density at radius 2 is 2.05 bits per heavy atom. The zero-order valence-electron chi connectivity index (χ0n) is 12.2. The molecule has 0 bridgehead atoms. The molecule has 1 aromatic rings. The zero-order valence-corrected chi connectivity index (χ0v) is 12.2. The first-order valence-corrected chi connectivity index (χ1v) is 7.28. The van der Waals surface area contributed by atoms with E-state index in [0.717, 1.165) is 31.5 Å². The zero-order chi connectivity index (χ0) is 13.5. The van der Waals surface area contributed by atoms with Crippen molar-refractivity contribution in [2.24, 2.45) is 0 Å². The molecule has 6 heteroatoms. The van der Waals surface area contributed by atoms with Crippen LogP contribution < -0.4 is 0 Å². The van der Waals surface area contributed by atoms with Gasteiger partial charge in [-0.25, -0.2) is 4.68 Å². The highest BCUT2D eigenvalue weighted by Crippen LogP contribution is 2.22. The minimum absolute atomic E-state index is 0.0476. The molecule has 0 unspecified atom stereocenters. The fourth-order valence-corrected chi connectivity index (χ4v) is 3.22. The van der Waals surface area contributed by atoms with Gasteiger partial charge in [-0.3, -0.25) is 9.80 Å². The lowest BCUT2D eigenvalue weighted by Gasteiger charge is -2.37. The highest BCUT2D eigenvalue weighted by molar-refractivity contribution is 4.92. The molecule has 0 aromatic carbocycles. The molecule has 0 spiro atoms. The predicted octanol–water partition coefficient (Wildman–Crippen LogP) is 0.708. The third-order valence-corrected chi connectivity index (χ3v) is 4.21. The van der Waals surface area contributed by atoms with E-state index in [-0.39, 0.29) is 5.54 Å². The van der Waals surface area contributed by atoms with Gasteiger partial charge in [-0.05, 0) is 50.6 Å². The lowest BCUT2D eigenvalue weighted by molar-refractivity contribution is 0.0948. The molecule has 6 nitrogen and oxygen atoms in total. The monoisotopic (exact) mass is 264 g/mol. The maximum absolute atomic E-state index is 4.21. The number of aromatic nitrogens is 4. The van der Waals surface area contributed by atoms with Gasteiger partial charge in [-0.1, -0.05) is 0 Å². The quantitative estimate of drug-likeness (QED) is 0.787. The number of nitrogens with zero attached hydrogens (tertiary/aromatic N) is 6. The average molecular weight is 264 g/mol. The largest absolute Gasteiger partial charge is 0.298 e. The first-order chi connectivity index (χ1) is 9.04. The van der Waals surface area contributed by atoms with Crippen molar-refractivity contribution in [1.29, 1.82) is 0 Å². The summed E-state index contributed by atoms with van der Waals surface area (Å²) in [4.78, 5) is 5.13. The Morgan fingerprint density at radius 3 is 2.84 bits per heavy atom. The second kappa shape index (κ2) is 4.83. The van der Waals surface area contributed by atoms with E-state index in [1.54, 1.807) is 0 Å². The first-order valence-electron chi connectivity index (χ1n) is 7.28. The lowest BCUT2D eigenvalue weighted by Crippen LogP contribution is -2.50. The highest BCUT2D eigenvalue weighted by Gasteiger charge is 2.31. The standard InChI is InChI=1S/C13H24N6/c1-13(2,3)19-12(14-15-16-19)10-17-7-8-18-6-4-5-11(18)9-17/h11H,4-10H2,1-3H3/t11-/m0/s1. The number of fused-ring (bicyclic) bond motifs is 1. The molecule has 1 aromatic heterocycles. The minimum Gasteiger partial charge on any atom is -0.298 e. The molecule has 2 aliphatic heterocycles. The van der Waals surface area contributed by atoms with Crippen molar-refractivity contribution in [3.05, 3.63) is 5.82 Å². The molecule has 3 heterocycles. The van der Waals surface area contributed by atoms with Crippen molar-refractivity contribution < 1.29 is 0 Å². The SMILES string of the molecule is CC(C)(C)n1nnnc1CN1CCN2CCC[C@H]2C1. The molecule has 0 aliphatic carbocycles. The van der Waals surface area contributed by atoms with E-state index >= 15 is 0 Å². The Labute approximate surface area is 114 Å². The number of tetrazole rings is 1. The van der Waals surface area contributed by atoms with Crippen molar-refractivity contribution in [2.75, 3.05) is 26.2 Å². The smallest absolute Gasteiger partial charge is 0.165 e. The normalized spacial score (nSPS) is 25.7. The van der Waals surface area contributed by atoms with Gasteiger partial charge < -0.3 is 0 Å². The van der Waals surface area contributed by atoms with E-state index in [1.165, 1.54) is 25.9 Å². The Balaban J connectivity index is 1.67. The van der Waals surface area contributed by atoms with Gasteiger partial charge in [-0.2, -0.15) is 0 Å². The summed E-state index contributed by atoms with van der Waals surface area (Å²) in [5, 5.41) is 12.2. The molecule has 0 saturated carbocycles. The van der Waals surface area contributed by atoms with E-state index in [2.05, 4.69) is 46.1 Å². The average Bonchev–Trinajstić information content (AvgIpc) is 2.95. The third kappa shape index (κ3) is 2.65. The Kier molecular flexibility index (Phi) is 3.30. The second-order valence-corrected chi connectivity index (χ2v) is 6.74. The molecule has 3 rings (SSSR count). The Hall–Kier alpha value is -1.01. The highest BCUT2D eigenvalue weighted by atomic mass is 15.6. The molecule has 0 amide bonds. The van der Waals surface area contributed by atoms with Gasteiger partial charge in [0, 0.05) is 25.7 Å². The molecule has 0 radical (unpaired) electrons. The summed E-state index contributed by atoms with van der Waals surface area (Å²) < 4.78 is 1.95. The van der Waals surface area contributed by atoms with E-state index in [1.807, 2.05) is 4.68 Å². The Bertz CT molecular complexity index is 435. The molecular weight excluding hydrogens is 240 g/mol. The van der Waals surface area contributed by atoms with Crippen LogP contribution in [0.2, 0.25) is 0 Å². The number of piperazine rings is 1. The van der Waals surface area contributed by atoms with E-state index in [0.29, 0.717) is 0 Å². The number of hydrogen-bond donors (Lipinski definition) is 0. The van der Waals surface area contributed by atoms with Crippen LogP contribution in [0, 0.1) is 0 Å². The molecule has 19 heavy (non-hydrogen) atoms. The fourth-order valence-electron chi connectivity index (χ4n) is 3.22. The molecular formula is C13H24N6. The molecule has 106 valence electrons. The molecule has 2 aliphatic rings. The summed E-state index contributed by atoms with van der Waals surface area (Å²) in [5.41, 5.74) is -0.0476. The summed E-state index contributed by atoms with van der Waals surface area (Å²) in [6, 6.07) is 0.757. The van der Waals surface area contributed by atoms with Crippen LogP contribution >= 0.6 is 0 Å². The van der Waals surface area contributed by atoms with Crippen molar-refractivity contribution >= 4 is 0 Å². The fraction of sp³-hybridized carbons (Fsp3) is 0.923. The summed E-state index contributed by atoms with van der Waals surface area (Å²) in [6.07, 6.45) is 2.71. The van der Waals surface area contributed by atoms with Gasteiger partial charge >= 0.3 is 0 Å². The molecule has 2 fully saturated rings. The van der Waals surface area contributed by atoms with E-state index in [9.17, 15) is 0 Å². The van der Waals surface area contributed by atoms with Gasteiger partial charge in [0.25, 0.3) is 0 Å². The predicted molar refractivity (Wildman–Crippen MR) is 72.7 cm³/mol. The van der Waals surface area contributed by atoms with Gasteiger partial charge in [0.2, 0.25) is 0 Å². The van der Waals surface area contributed by atoms with E-state index < -0.39 is 0 Å². The summed E-state index contributed by atoms with van der Waals surface area (Å²) in [7, 11) is 0. The number of hydrogen-bond acceptors (Lipinski definition) is 5.